The molecule has 0 unspecified atom stereocenters. The first-order valence-corrected chi connectivity index (χ1v) is 9.04. The third-order valence-corrected chi connectivity index (χ3v) is 4.51. The zero-order valence-corrected chi connectivity index (χ0v) is 14.8. The van der Waals surface area contributed by atoms with Gasteiger partial charge in [-0.15, -0.1) is 16.4 Å². The van der Waals surface area contributed by atoms with Crippen molar-refractivity contribution < 1.29 is 4.79 Å². The van der Waals surface area contributed by atoms with Crippen LogP contribution in [0.2, 0.25) is 0 Å². The molecule has 3 N–H and O–H groups in total. The molecule has 0 aliphatic rings. The van der Waals surface area contributed by atoms with Crippen molar-refractivity contribution in [3.8, 4) is 0 Å². The highest BCUT2D eigenvalue weighted by molar-refractivity contribution is 7.09. The van der Waals surface area contributed by atoms with Crippen molar-refractivity contribution in [2.24, 2.45) is 0 Å². The number of rotatable bonds is 7. The number of amides is 2. The van der Waals surface area contributed by atoms with Crippen LogP contribution in [0.15, 0.2) is 35.7 Å². The van der Waals surface area contributed by atoms with Crippen LogP contribution in [0.1, 0.15) is 29.0 Å². The van der Waals surface area contributed by atoms with Crippen molar-refractivity contribution in [2.45, 2.75) is 32.7 Å². The molecule has 2 aromatic heterocycles. The van der Waals surface area contributed by atoms with Crippen molar-refractivity contribution in [3.05, 3.63) is 57.8 Å². The number of nitrogens with zero attached hydrogens (tertiary/aromatic N) is 3. The molecule has 8 heteroatoms. The number of aromatic amines is 1. The number of aryl methyl sites for hydroxylation is 3. The number of aromatic nitrogens is 4. The lowest BCUT2D eigenvalue weighted by Gasteiger charge is -2.02. The topological polar surface area (TPSA) is 95.6 Å². The van der Waals surface area contributed by atoms with Crippen LogP contribution in [-0.2, 0) is 25.8 Å². The Morgan fingerprint density at radius 2 is 2.04 bits per heavy atom. The minimum absolute atomic E-state index is 0.272. The van der Waals surface area contributed by atoms with E-state index in [2.05, 4.69) is 49.9 Å². The summed E-state index contributed by atoms with van der Waals surface area (Å²) in [5.74, 6) is 1.01. The zero-order valence-electron chi connectivity index (χ0n) is 14.0. The summed E-state index contributed by atoms with van der Waals surface area (Å²) in [6.07, 6.45) is 2.50. The minimum Gasteiger partial charge on any atom is -0.331 e. The summed E-state index contributed by atoms with van der Waals surface area (Å²) < 4.78 is 0. The van der Waals surface area contributed by atoms with Crippen molar-refractivity contribution in [2.75, 3.05) is 5.32 Å². The van der Waals surface area contributed by atoms with Gasteiger partial charge in [-0.05, 0) is 18.4 Å². The monoisotopic (exact) mass is 356 g/mol. The highest BCUT2D eigenvalue weighted by atomic mass is 32.1. The predicted octanol–water partition coefficient (Wildman–Crippen LogP) is 2.93. The van der Waals surface area contributed by atoms with Crippen LogP contribution >= 0.6 is 11.3 Å². The maximum Gasteiger partial charge on any atom is 0.322 e. The van der Waals surface area contributed by atoms with Crippen molar-refractivity contribution in [3.63, 3.8) is 0 Å². The Balaban J connectivity index is 1.44. The van der Waals surface area contributed by atoms with Gasteiger partial charge in [0.1, 0.15) is 10.8 Å². The summed E-state index contributed by atoms with van der Waals surface area (Å²) >= 11 is 1.54. The van der Waals surface area contributed by atoms with E-state index in [-0.39, 0.29) is 12.0 Å². The molecule has 0 aliphatic heterocycles. The highest BCUT2D eigenvalue weighted by Gasteiger charge is 2.08. The molecule has 3 aromatic rings. The average Bonchev–Trinajstić information content (AvgIpc) is 3.28. The summed E-state index contributed by atoms with van der Waals surface area (Å²) in [6.45, 7) is 2.44. The third kappa shape index (κ3) is 5.12. The van der Waals surface area contributed by atoms with Gasteiger partial charge in [0, 0.05) is 11.8 Å². The molecule has 0 spiro atoms. The molecule has 0 radical (unpaired) electrons. The van der Waals surface area contributed by atoms with Crippen molar-refractivity contribution in [1.82, 2.24) is 25.5 Å². The zero-order chi connectivity index (χ0) is 17.5. The normalized spacial score (nSPS) is 10.6. The number of hydrogen-bond donors (Lipinski definition) is 3. The Kier molecular flexibility index (Phi) is 5.73. The maximum absolute atomic E-state index is 11.9. The van der Waals surface area contributed by atoms with E-state index in [9.17, 15) is 4.79 Å². The van der Waals surface area contributed by atoms with Gasteiger partial charge in [0.05, 0.1) is 12.2 Å². The molecule has 25 heavy (non-hydrogen) atoms. The maximum atomic E-state index is 11.9. The largest absolute Gasteiger partial charge is 0.331 e. The van der Waals surface area contributed by atoms with Crippen LogP contribution in [0.4, 0.5) is 10.7 Å². The van der Waals surface area contributed by atoms with E-state index in [1.54, 1.807) is 0 Å². The molecule has 2 amide bonds. The van der Waals surface area contributed by atoms with E-state index < -0.39 is 0 Å². The first kappa shape index (κ1) is 17.1. The van der Waals surface area contributed by atoms with Crippen LogP contribution in [0, 0.1) is 0 Å². The third-order valence-electron chi connectivity index (χ3n) is 3.61. The lowest BCUT2D eigenvalue weighted by molar-refractivity contribution is 0.251. The first-order chi connectivity index (χ1) is 12.2. The van der Waals surface area contributed by atoms with Crippen molar-refractivity contribution in [1.29, 1.82) is 0 Å². The van der Waals surface area contributed by atoms with E-state index in [0.29, 0.717) is 6.54 Å². The fourth-order valence-electron chi connectivity index (χ4n) is 2.26. The molecule has 3 rings (SSSR count). The number of nitrogens with one attached hydrogen (secondary N) is 3. The van der Waals surface area contributed by atoms with E-state index >= 15 is 0 Å². The fraction of sp³-hybridized carbons (Fsp3) is 0.294. The number of thiazole rings is 1. The molecule has 7 nitrogen and oxygen atoms in total. The van der Waals surface area contributed by atoms with Gasteiger partial charge in [0.25, 0.3) is 0 Å². The number of anilines is 1. The Morgan fingerprint density at radius 1 is 1.20 bits per heavy atom. The summed E-state index contributed by atoms with van der Waals surface area (Å²) in [7, 11) is 0. The number of H-pyrrole nitrogens is 1. The van der Waals surface area contributed by atoms with Gasteiger partial charge in [0.15, 0.2) is 0 Å². The van der Waals surface area contributed by atoms with Crippen LogP contribution < -0.4 is 10.6 Å². The minimum atomic E-state index is -0.346. The first-order valence-electron chi connectivity index (χ1n) is 8.16. The molecule has 1 aromatic carbocycles. The molecular formula is C17H20N6OS. The van der Waals surface area contributed by atoms with Gasteiger partial charge in [-0.25, -0.2) is 9.78 Å². The van der Waals surface area contributed by atoms with Crippen LogP contribution in [0.3, 0.4) is 0 Å². The quantitative estimate of drug-likeness (QED) is 0.606. The Morgan fingerprint density at radius 3 is 2.80 bits per heavy atom. The Labute approximate surface area is 149 Å². The van der Waals surface area contributed by atoms with Crippen molar-refractivity contribution >= 4 is 23.3 Å². The molecule has 0 saturated heterocycles. The second-order valence-corrected chi connectivity index (χ2v) is 6.43. The van der Waals surface area contributed by atoms with Crippen LogP contribution in [-0.4, -0.2) is 26.2 Å². The lowest BCUT2D eigenvalue weighted by Crippen LogP contribution is -2.28. The number of urea groups is 1. The molecule has 0 aliphatic carbocycles. The van der Waals surface area contributed by atoms with Crippen LogP contribution in [0.5, 0.6) is 0 Å². The predicted molar refractivity (Wildman–Crippen MR) is 97.6 cm³/mol. The molecule has 0 fully saturated rings. The molecule has 0 saturated carbocycles. The average molecular weight is 356 g/mol. The summed E-state index contributed by atoms with van der Waals surface area (Å²) in [5.41, 5.74) is 2.28. The highest BCUT2D eigenvalue weighted by Crippen LogP contribution is 2.10. The fourth-order valence-corrected chi connectivity index (χ4v) is 3.08. The molecule has 0 bridgehead atoms. The molecule has 2 heterocycles. The summed E-state index contributed by atoms with van der Waals surface area (Å²) in [6, 6.07) is 9.82. The smallest absolute Gasteiger partial charge is 0.322 e. The van der Waals surface area contributed by atoms with Gasteiger partial charge in [-0.2, -0.15) is 4.98 Å². The SMILES string of the molecule is CCc1csc(CNC(=O)Nc2n[nH]c(CCc3ccccc3)n2)n1. The standard InChI is InChI=1S/C17H20N6OS/c1-2-13-11-25-15(19-13)10-18-17(24)21-16-20-14(22-23-16)9-8-12-6-4-3-5-7-12/h3-7,11H,2,8-10H2,1H3,(H3,18,20,21,22,23,24). The lowest BCUT2D eigenvalue weighted by atomic mass is 10.1. The summed E-state index contributed by atoms with van der Waals surface area (Å²) in [4.78, 5) is 20.6. The van der Waals surface area contributed by atoms with Gasteiger partial charge in [-0.1, -0.05) is 37.3 Å². The molecular weight excluding hydrogens is 336 g/mol. The van der Waals surface area contributed by atoms with E-state index in [1.807, 2.05) is 23.6 Å². The number of carbonyl (C=O) groups excluding carboxylic acids is 1. The molecule has 0 atom stereocenters. The van der Waals surface area contributed by atoms with Gasteiger partial charge >= 0.3 is 6.03 Å². The van der Waals surface area contributed by atoms with E-state index in [4.69, 9.17) is 0 Å². The molecule has 130 valence electrons. The Bertz CT molecular complexity index is 813. The second-order valence-electron chi connectivity index (χ2n) is 5.49. The van der Waals surface area contributed by atoms with E-state index in [0.717, 1.165) is 35.8 Å². The van der Waals surface area contributed by atoms with E-state index in [1.165, 1.54) is 16.9 Å². The Hall–Kier alpha value is -2.74. The van der Waals surface area contributed by atoms with Crippen LogP contribution in [0.25, 0.3) is 0 Å². The number of carbonyl (C=O) groups is 1. The summed E-state index contributed by atoms with van der Waals surface area (Å²) in [5, 5.41) is 15.1. The van der Waals surface area contributed by atoms with Gasteiger partial charge in [-0.3, -0.25) is 10.4 Å². The second kappa shape index (κ2) is 8.39. The van der Waals surface area contributed by atoms with Gasteiger partial charge < -0.3 is 5.32 Å². The van der Waals surface area contributed by atoms with Gasteiger partial charge in [0.2, 0.25) is 5.95 Å². The number of hydrogen-bond acceptors (Lipinski definition) is 5. The number of benzene rings is 1.